The molecule has 1 aliphatic carbocycles. The first kappa shape index (κ1) is 14.2. The van der Waals surface area contributed by atoms with Gasteiger partial charge in [0.05, 0.1) is 19.4 Å². The zero-order chi connectivity index (χ0) is 16.1. The summed E-state index contributed by atoms with van der Waals surface area (Å²) >= 11 is 0. The third kappa shape index (κ3) is 1.97. The van der Waals surface area contributed by atoms with E-state index in [9.17, 15) is 4.79 Å². The number of H-pyrrole nitrogens is 2. The number of nitrogens with zero attached hydrogens (tertiary/aromatic N) is 3. The minimum absolute atomic E-state index is 0.0324. The molecule has 24 heavy (non-hydrogen) atoms. The van der Waals surface area contributed by atoms with Crippen LogP contribution in [-0.2, 0) is 29.6 Å². The highest BCUT2D eigenvalue weighted by atomic mass is 16.5. The number of aromatic nitrogens is 4. The Balaban J connectivity index is 1.43. The topological polar surface area (TPSA) is 86.9 Å². The molecular weight excluding hydrogens is 306 g/mol. The number of likely N-dealkylation sites (tertiary alicyclic amines) is 1. The number of fused-ring (bicyclic) bond motifs is 3. The summed E-state index contributed by atoms with van der Waals surface area (Å²) in [6.07, 6.45) is 7.03. The van der Waals surface area contributed by atoms with Gasteiger partial charge in [-0.2, -0.15) is 10.2 Å². The van der Waals surface area contributed by atoms with E-state index in [1.165, 1.54) is 11.3 Å². The molecule has 0 saturated carbocycles. The lowest BCUT2D eigenvalue weighted by atomic mass is 9.77. The average molecular weight is 327 g/mol. The van der Waals surface area contributed by atoms with Crippen LogP contribution in [0.15, 0.2) is 6.20 Å². The summed E-state index contributed by atoms with van der Waals surface area (Å²) < 4.78 is 5.52. The lowest BCUT2D eigenvalue weighted by Gasteiger charge is -2.40. The summed E-state index contributed by atoms with van der Waals surface area (Å²) in [5, 5.41) is 14.7. The molecule has 3 aliphatic rings. The van der Waals surface area contributed by atoms with Crippen LogP contribution in [0.3, 0.4) is 0 Å². The predicted molar refractivity (Wildman–Crippen MR) is 85.7 cm³/mol. The second-order valence-electron chi connectivity index (χ2n) is 7.21. The first-order chi connectivity index (χ1) is 11.8. The molecular formula is C17H21N5O2. The summed E-state index contributed by atoms with van der Waals surface area (Å²) in [5.41, 5.74) is 5.14. The Labute approximate surface area is 139 Å². The maximum absolute atomic E-state index is 13.1. The van der Waals surface area contributed by atoms with E-state index in [2.05, 4.69) is 20.4 Å². The molecule has 7 heteroatoms. The fourth-order valence-electron chi connectivity index (χ4n) is 4.61. The van der Waals surface area contributed by atoms with Gasteiger partial charge >= 0.3 is 0 Å². The molecule has 0 aromatic carbocycles. The van der Waals surface area contributed by atoms with E-state index in [1.807, 2.05) is 11.1 Å². The predicted octanol–water partition coefficient (Wildman–Crippen LogP) is 1.33. The summed E-state index contributed by atoms with van der Waals surface area (Å²) in [6, 6.07) is 0. The number of aromatic amines is 2. The molecule has 1 saturated heterocycles. The van der Waals surface area contributed by atoms with Crippen LogP contribution in [0.25, 0.3) is 0 Å². The Morgan fingerprint density at radius 2 is 2.25 bits per heavy atom. The van der Waals surface area contributed by atoms with Gasteiger partial charge in [0.15, 0.2) is 5.69 Å². The standard InChI is InChI=1S/C17H21N5O2/c23-16(14-12-9-24-7-3-13(12)19-20-14)22-6-1-4-17(10-22)5-2-11-8-18-21-15(11)17/h8H,1-7,9-10H2,(H,18,21)(H,19,20). The summed E-state index contributed by atoms with van der Waals surface area (Å²) in [5.74, 6) is 0.0324. The molecule has 2 aliphatic heterocycles. The highest BCUT2D eigenvalue weighted by Gasteiger charge is 2.45. The van der Waals surface area contributed by atoms with E-state index in [0.29, 0.717) is 18.9 Å². The van der Waals surface area contributed by atoms with Crippen LogP contribution < -0.4 is 0 Å². The van der Waals surface area contributed by atoms with Crippen molar-refractivity contribution in [2.24, 2.45) is 0 Å². The van der Waals surface area contributed by atoms with E-state index in [0.717, 1.165) is 56.5 Å². The van der Waals surface area contributed by atoms with Crippen molar-refractivity contribution in [3.05, 3.63) is 34.4 Å². The van der Waals surface area contributed by atoms with E-state index in [-0.39, 0.29) is 11.3 Å². The quantitative estimate of drug-likeness (QED) is 0.827. The number of aryl methyl sites for hydroxylation is 1. The Bertz CT molecular complexity index is 795. The van der Waals surface area contributed by atoms with E-state index >= 15 is 0 Å². The molecule has 4 heterocycles. The molecule has 1 spiro atoms. The van der Waals surface area contributed by atoms with Crippen LogP contribution >= 0.6 is 0 Å². The number of rotatable bonds is 1. The number of hydrogen-bond acceptors (Lipinski definition) is 4. The molecule has 7 nitrogen and oxygen atoms in total. The van der Waals surface area contributed by atoms with Crippen LogP contribution in [0.2, 0.25) is 0 Å². The molecule has 0 bridgehead atoms. The van der Waals surface area contributed by atoms with Gasteiger partial charge in [0.1, 0.15) is 0 Å². The van der Waals surface area contributed by atoms with Gasteiger partial charge in [-0.25, -0.2) is 0 Å². The number of nitrogens with one attached hydrogen (secondary N) is 2. The van der Waals surface area contributed by atoms with Crippen LogP contribution in [0.5, 0.6) is 0 Å². The minimum Gasteiger partial charge on any atom is -0.376 e. The van der Waals surface area contributed by atoms with Crippen molar-refractivity contribution in [1.82, 2.24) is 25.3 Å². The number of carbonyl (C=O) groups is 1. The van der Waals surface area contributed by atoms with Crippen molar-refractivity contribution < 1.29 is 9.53 Å². The van der Waals surface area contributed by atoms with E-state index in [1.54, 1.807) is 0 Å². The Hall–Kier alpha value is -2.15. The average Bonchev–Trinajstić information content (AvgIpc) is 3.32. The number of piperidine rings is 1. The van der Waals surface area contributed by atoms with Gasteiger partial charge in [0.25, 0.3) is 5.91 Å². The van der Waals surface area contributed by atoms with Crippen LogP contribution in [-0.4, -0.2) is 50.9 Å². The van der Waals surface area contributed by atoms with Gasteiger partial charge < -0.3 is 9.64 Å². The molecule has 1 amide bonds. The van der Waals surface area contributed by atoms with Gasteiger partial charge in [0.2, 0.25) is 0 Å². The summed E-state index contributed by atoms with van der Waals surface area (Å²) in [6.45, 7) is 2.73. The molecule has 5 rings (SSSR count). The van der Waals surface area contributed by atoms with Crippen molar-refractivity contribution in [2.75, 3.05) is 19.7 Å². The smallest absolute Gasteiger partial charge is 0.274 e. The lowest BCUT2D eigenvalue weighted by Crippen LogP contribution is -2.48. The molecule has 2 N–H and O–H groups in total. The van der Waals surface area contributed by atoms with Gasteiger partial charge in [-0.05, 0) is 31.2 Å². The zero-order valence-electron chi connectivity index (χ0n) is 13.6. The third-order valence-electron chi connectivity index (χ3n) is 5.88. The Morgan fingerprint density at radius 1 is 1.29 bits per heavy atom. The van der Waals surface area contributed by atoms with Crippen molar-refractivity contribution >= 4 is 5.91 Å². The van der Waals surface area contributed by atoms with Gasteiger partial charge in [-0.3, -0.25) is 15.0 Å². The maximum atomic E-state index is 13.1. The number of amides is 1. The minimum atomic E-state index is 0.0324. The third-order valence-corrected chi connectivity index (χ3v) is 5.88. The molecule has 1 atom stereocenters. The summed E-state index contributed by atoms with van der Waals surface area (Å²) in [7, 11) is 0. The Morgan fingerprint density at radius 3 is 3.21 bits per heavy atom. The molecule has 2 aromatic heterocycles. The summed E-state index contributed by atoms with van der Waals surface area (Å²) in [4.78, 5) is 15.1. The number of ether oxygens (including phenoxy) is 1. The van der Waals surface area contributed by atoms with Crippen LogP contribution in [0.1, 0.15) is 52.3 Å². The molecule has 2 aromatic rings. The highest BCUT2D eigenvalue weighted by Crippen LogP contribution is 2.44. The van der Waals surface area contributed by atoms with Crippen LogP contribution in [0.4, 0.5) is 0 Å². The molecule has 1 unspecified atom stereocenters. The van der Waals surface area contributed by atoms with Gasteiger partial charge in [-0.1, -0.05) is 0 Å². The zero-order valence-corrected chi connectivity index (χ0v) is 13.6. The fourth-order valence-corrected chi connectivity index (χ4v) is 4.61. The largest absolute Gasteiger partial charge is 0.376 e. The SMILES string of the molecule is O=C(c1n[nH]c2c1COCC2)N1CCCC2(CCc3cn[nH]c32)C1. The molecule has 126 valence electrons. The van der Waals surface area contributed by atoms with Crippen molar-refractivity contribution in [1.29, 1.82) is 0 Å². The highest BCUT2D eigenvalue weighted by molar-refractivity contribution is 5.94. The number of carbonyl (C=O) groups excluding carboxylic acids is 1. The first-order valence-electron chi connectivity index (χ1n) is 8.73. The number of hydrogen-bond donors (Lipinski definition) is 2. The fraction of sp³-hybridized carbons (Fsp3) is 0.588. The molecule has 1 fully saturated rings. The normalized spacial score (nSPS) is 25.8. The van der Waals surface area contributed by atoms with Gasteiger partial charge in [0, 0.05) is 41.9 Å². The van der Waals surface area contributed by atoms with Gasteiger partial charge in [-0.15, -0.1) is 0 Å². The monoisotopic (exact) mass is 327 g/mol. The van der Waals surface area contributed by atoms with E-state index in [4.69, 9.17) is 4.74 Å². The maximum Gasteiger partial charge on any atom is 0.274 e. The Kier molecular flexibility index (Phi) is 3.06. The first-order valence-corrected chi connectivity index (χ1v) is 8.73. The van der Waals surface area contributed by atoms with Crippen LogP contribution in [0, 0.1) is 0 Å². The van der Waals surface area contributed by atoms with E-state index < -0.39 is 0 Å². The second-order valence-corrected chi connectivity index (χ2v) is 7.21. The van der Waals surface area contributed by atoms with Crippen molar-refractivity contribution in [3.8, 4) is 0 Å². The van der Waals surface area contributed by atoms with Crippen molar-refractivity contribution in [2.45, 2.75) is 44.1 Å². The van der Waals surface area contributed by atoms with Crippen molar-refractivity contribution in [3.63, 3.8) is 0 Å². The lowest BCUT2D eigenvalue weighted by molar-refractivity contribution is 0.0616. The molecule has 0 radical (unpaired) electrons. The second kappa shape index (κ2) is 5.17.